The summed E-state index contributed by atoms with van der Waals surface area (Å²) in [6.45, 7) is 4.07. The van der Waals surface area contributed by atoms with Gasteiger partial charge in [0.2, 0.25) is 15.8 Å². The van der Waals surface area contributed by atoms with E-state index in [0.29, 0.717) is 12.5 Å². The van der Waals surface area contributed by atoms with Crippen LogP contribution in [-0.2, 0) is 10.0 Å². The number of nitro groups is 1. The van der Waals surface area contributed by atoms with Crippen LogP contribution in [0.4, 0.5) is 10.1 Å². The SMILES string of the molecule is CCC(C)(CO)NS(=O)(=O)c1cc([N+](=O)[O-])c(F)cc1C. The highest BCUT2D eigenvalue weighted by molar-refractivity contribution is 7.89. The van der Waals surface area contributed by atoms with E-state index in [1.54, 1.807) is 6.92 Å². The largest absolute Gasteiger partial charge is 0.394 e. The predicted octanol–water partition coefficient (Wildman–Crippen LogP) is 1.48. The van der Waals surface area contributed by atoms with E-state index in [4.69, 9.17) is 0 Å². The number of hydrogen-bond acceptors (Lipinski definition) is 5. The van der Waals surface area contributed by atoms with E-state index in [2.05, 4.69) is 4.72 Å². The van der Waals surface area contributed by atoms with E-state index >= 15 is 0 Å². The minimum Gasteiger partial charge on any atom is -0.394 e. The van der Waals surface area contributed by atoms with Crippen LogP contribution in [0, 0.1) is 22.9 Å². The second-order valence-electron chi connectivity index (χ2n) is 5.00. The quantitative estimate of drug-likeness (QED) is 0.609. The summed E-state index contributed by atoms with van der Waals surface area (Å²) in [6, 6.07) is 1.48. The minimum atomic E-state index is -4.13. The van der Waals surface area contributed by atoms with Crippen molar-refractivity contribution in [3.05, 3.63) is 33.6 Å². The first kappa shape index (κ1) is 17.5. The molecule has 1 aromatic rings. The fourth-order valence-electron chi connectivity index (χ4n) is 1.67. The Labute approximate surface area is 122 Å². The van der Waals surface area contributed by atoms with Gasteiger partial charge in [0, 0.05) is 6.07 Å². The number of nitro benzene ring substituents is 1. The first-order chi connectivity index (χ1) is 9.56. The van der Waals surface area contributed by atoms with Crippen molar-refractivity contribution in [1.29, 1.82) is 0 Å². The van der Waals surface area contributed by atoms with Gasteiger partial charge in [0.05, 0.1) is 22.0 Å². The van der Waals surface area contributed by atoms with Gasteiger partial charge < -0.3 is 5.11 Å². The Morgan fingerprint density at radius 3 is 2.48 bits per heavy atom. The Balaban J connectivity index is 3.39. The summed E-state index contributed by atoms with van der Waals surface area (Å²) < 4.78 is 40.3. The number of hydrogen-bond donors (Lipinski definition) is 2. The molecule has 0 bridgehead atoms. The van der Waals surface area contributed by atoms with Gasteiger partial charge in [-0.05, 0) is 31.9 Å². The van der Waals surface area contributed by atoms with Gasteiger partial charge in [0.1, 0.15) is 0 Å². The molecule has 1 rings (SSSR count). The number of aliphatic hydroxyl groups is 1. The van der Waals surface area contributed by atoms with Crippen LogP contribution >= 0.6 is 0 Å². The summed E-state index contributed by atoms with van der Waals surface area (Å²) in [5, 5.41) is 20.0. The smallest absolute Gasteiger partial charge is 0.306 e. The lowest BCUT2D eigenvalue weighted by atomic mass is 10.0. The Morgan fingerprint density at radius 1 is 1.48 bits per heavy atom. The number of benzene rings is 1. The Kier molecular flexibility index (Phi) is 5.03. The Morgan fingerprint density at radius 2 is 2.05 bits per heavy atom. The van der Waals surface area contributed by atoms with Gasteiger partial charge in [0.15, 0.2) is 0 Å². The molecule has 0 heterocycles. The molecule has 0 aliphatic rings. The van der Waals surface area contributed by atoms with Crippen LogP contribution in [0.5, 0.6) is 0 Å². The molecule has 118 valence electrons. The van der Waals surface area contributed by atoms with Crippen molar-refractivity contribution >= 4 is 15.7 Å². The molecule has 0 aromatic heterocycles. The number of rotatable bonds is 6. The molecule has 1 aromatic carbocycles. The van der Waals surface area contributed by atoms with E-state index in [0.717, 1.165) is 6.07 Å². The molecular formula is C12H17FN2O5S. The highest BCUT2D eigenvalue weighted by Crippen LogP contribution is 2.26. The molecule has 0 aliphatic carbocycles. The predicted molar refractivity (Wildman–Crippen MR) is 73.9 cm³/mol. The summed E-state index contributed by atoms with van der Waals surface area (Å²) >= 11 is 0. The van der Waals surface area contributed by atoms with Crippen molar-refractivity contribution in [1.82, 2.24) is 4.72 Å². The molecule has 1 atom stereocenters. The molecule has 0 amide bonds. The summed E-state index contributed by atoms with van der Waals surface area (Å²) in [7, 11) is -4.13. The maximum atomic E-state index is 13.4. The van der Waals surface area contributed by atoms with Gasteiger partial charge in [-0.3, -0.25) is 10.1 Å². The second kappa shape index (κ2) is 6.04. The molecule has 1 unspecified atom stereocenters. The zero-order valence-electron chi connectivity index (χ0n) is 11.9. The number of nitrogens with zero attached hydrogens (tertiary/aromatic N) is 1. The minimum absolute atomic E-state index is 0.0435. The third-order valence-corrected chi connectivity index (χ3v) is 5.02. The summed E-state index contributed by atoms with van der Waals surface area (Å²) in [5.41, 5.74) is -1.97. The van der Waals surface area contributed by atoms with Crippen LogP contribution < -0.4 is 4.72 Å². The zero-order valence-corrected chi connectivity index (χ0v) is 12.7. The average molecular weight is 320 g/mol. The number of nitrogens with one attached hydrogen (secondary N) is 1. The molecule has 0 radical (unpaired) electrons. The van der Waals surface area contributed by atoms with Gasteiger partial charge >= 0.3 is 5.69 Å². The van der Waals surface area contributed by atoms with E-state index < -0.39 is 38.6 Å². The highest BCUT2D eigenvalue weighted by Gasteiger charge is 2.31. The third-order valence-electron chi connectivity index (χ3n) is 3.24. The molecule has 0 saturated heterocycles. The molecule has 0 aliphatic heterocycles. The molecular weight excluding hydrogens is 303 g/mol. The molecule has 0 saturated carbocycles. The Bertz CT molecular complexity index is 656. The first-order valence-electron chi connectivity index (χ1n) is 6.15. The molecule has 7 nitrogen and oxygen atoms in total. The van der Waals surface area contributed by atoms with Crippen LogP contribution in [0.15, 0.2) is 17.0 Å². The lowest BCUT2D eigenvalue weighted by Gasteiger charge is -2.27. The number of aliphatic hydroxyl groups excluding tert-OH is 1. The lowest BCUT2D eigenvalue weighted by Crippen LogP contribution is -2.48. The maximum absolute atomic E-state index is 13.4. The molecule has 21 heavy (non-hydrogen) atoms. The number of halogens is 1. The normalized spacial score (nSPS) is 14.7. The molecule has 9 heteroatoms. The van der Waals surface area contributed by atoms with Gasteiger partial charge in [-0.15, -0.1) is 0 Å². The monoisotopic (exact) mass is 320 g/mol. The van der Waals surface area contributed by atoms with Crippen LogP contribution in [0.1, 0.15) is 25.8 Å². The second-order valence-corrected chi connectivity index (χ2v) is 6.65. The molecule has 0 spiro atoms. The van der Waals surface area contributed by atoms with Crippen molar-refractivity contribution in [3.63, 3.8) is 0 Å². The maximum Gasteiger partial charge on any atom is 0.306 e. The van der Waals surface area contributed by atoms with Crippen LogP contribution in [0.2, 0.25) is 0 Å². The van der Waals surface area contributed by atoms with Crippen molar-refractivity contribution in [2.45, 2.75) is 37.6 Å². The zero-order chi connectivity index (χ0) is 16.4. The van der Waals surface area contributed by atoms with E-state index in [-0.39, 0.29) is 10.5 Å². The average Bonchev–Trinajstić information content (AvgIpc) is 2.37. The van der Waals surface area contributed by atoms with Crippen molar-refractivity contribution in [2.24, 2.45) is 0 Å². The third kappa shape index (κ3) is 3.74. The van der Waals surface area contributed by atoms with Crippen molar-refractivity contribution in [3.8, 4) is 0 Å². The van der Waals surface area contributed by atoms with E-state index in [1.165, 1.54) is 13.8 Å². The van der Waals surface area contributed by atoms with Crippen LogP contribution in [0.25, 0.3) is 0 Å². The lowest BCUT2D eigenvalue weighted by molar-refractivity contribution is -0.387. The summed E-state index contributed by atoms with van der Waals surface area (Å²) in [5.74, 6) is -1.10. The van der Waals surface area contributed by atoms with Gasteiger partial charge in [-0.1, -0.05) is 6.92 Å². The summed E-state index contributed by atoms with van der Waals surface area (Å²) in [4.78, 5) is 9.35. The fraction of sp³-hybridized carbons (Fsp3) is 0.500. The van der Waals surface area contributed by atoms with Crippen LogP contribution in [0.3, 0.4) is 0 Å². The van der Waals surface area contributed by atoms with Gasteiger partial charge in [-0.25, -0.2) is 13.1 Å². The van der Waals surface area contributed by atoms with E-state index in [9.17, 15) is 28.0 Å². The molecule has 0 fully saturated rings. The van der Waals surface area contributed by atoms with Gasteiger partial charge in [-0.2, -0.15) is 4.39 Å². The molecule has 2 N–H and O–H groups in total. The summed E-state index contributed by atoms with van der Waals surface area (Å²) in [6.07, 6.45) is 0.311. The topological polar surface area (TPSA) is 110 Å². The number of sulfonamides is 1. The van der Waals surface area contributed by atoms with Crippen molar-refractivity contribution in [2.75, 3.05) is 6.61 Å². The van der Waals surface area contributed by atoms with Crippen molar-refractivity contribution < 1.29 is 22.8 Å². The highest BCUT2D eigenvalue weighted by atomic mass is 32.2. The van der Waals surface area contributed by atoms with Crippen LogP contribution in [-0.4, -0.2) is 30.6 Å². The fourth-order valence-corrected chi connectivity index (χ4v) is 3.38. The first-order valence-corrected chi connectivity index (χ1v) is 7.64. The van der Waals surface area contributed by atoms with Gasteiger partial charge in [0.25, 0.3) is 0 Å². The number of aryl methyl sites for hydroxylation is 1. The Hall–Kier alpha value is -1.58. The standard InChI is InChI=1S/C12H17FN2O5S/c1-4-12(3,7-16)14-21(19,20)11-6-10(15(17)18)9(13)5-8(11)2/h5-6,14,16H,4,7H2,1-3H3. The van der Waals surface area contributed by atoms with E-state index in [1.807, 2.05) is 0 Å².